The smallest absolute Gasteiger partial charge is 0.239 e. The number of aromatic nitrogens is 2. The first-order valence-corrected chi connectivity index (χ1v) is 8.82. The van der Waals surface area contributed by atoms with Crippen LogP contribution in [0.1, 0.15) is 24.2 Å². The second kappa shape index (κ2) is 8.17. The topological polar surface area (TPSA) is 59.0 Å². The van der Waals surface area contributed by atoms with Crippen molar-refractivity contribution in [3.05, 3.63) is 76.9 Å². The Morgan fingerprint density at radius 3 is 2.58 bits per heavy atom. The highest BCUT2D eigenvalue weighted by molar-refractivity contribution is 6.31. The third-order valence-electron chi connectivity index (χ3n) is 4.04. The molecule has 0 saturated heterocycles. The Kier molecular flexibility index (Phi) is 5.71. The predicted octanol–water partition coefficient (Wildman–Crippen LogP) is 4.12. The molecule has 1 aromatic heterocycles. The highest BCUT2D eigenvalue weighted by Gasteiger charge is 2.13. The van der Waals surface area contributed by atoms with Crippen molar-refractivity contribution in [1.82, 2.24) is 15.1 Å². The molecule has 1 amide bonds. The van der Waals surface area contributed by atoms with Crippen LogP contribution in [0.25, 0.3) is 5.69 Å². The van der Waals surface area contributed by atoms with Crippen LogP contribution < -0.4 is 10.6 Å². The summed E-state index contributed by atoms with van der Waals surface area (Å²) in [5.74, 6) is 0.506. The number of nitrogens with one attached hydrogen (secondary N) is 2. The van der Waals surface area contributed by atoms with E-state index in [0.29, 0.717) is 10.8 Å². The van der Waals surface area contributed by atoms with Crippen molar-refractivity contribution in [2.24, 2.45) is 0 Å². The zero-order chi connectivity index (χ0) is 18.5. The van der Waals surface area contributed by atoms with Gasteiger partial charge in [0.2, 0.25) is 5.91 Å². The molecule has 5 nitrogen and oxygen atoms in total. The first kappa shape index (κ1) is 18.2. The normalized spacial score (nSPS) is 12.0. The summed E-state index contributed by atoms with van der Waals surface area (Å²) < 4.78 is 1.73. The molecule has 1 atom stereocenters. The zero-order valence-corrected chi connectivity index (χ0v) is 15.5. The summed E-state index contributed by atoms with van der Waals surface area (Å²) in [6.45, 7) is 4.05. The zero-order valence-electron chi connectivity index (χ0n) is 14.7. The van der Waals surface area contributed by atoms with Gasteiger partial charge < -0.3 is 10.6 Å². The third-order valence-corrected chi connectivity index (χ3v) is 4.38. The number of hydrogen-bond donors (Lipinski definition) is 2. The number of rotatable bonds is 6. The molecule has 2 N–H and O–H groups in total. The fourth-order valence-electron chi connectivity index (χ4n) is 2.72. The summed E-state index contributed by atoms with van der Waals surface area (Å²) in [7, 11) is 0. The summed E-state index contributed by atoms with van der Waals surface area (Å²) in [6, 6.07) is 19.1. The maximum absolute atomic E-state index is 12.4. The fourth-order valence-corrected chi connectivity index (χ4v) is 3.02. The average molecular weight is 369 g/mol. The second-order valence-corrected chi connectivity index (χ2v) is 6.50. The molecule has 0 aliphatic carbocycles. The summed E-state index contributed by atoms with van der Waals surface area (Å²) in [5.41, 5.74) is 2.70. The summed E-state index contributed by atoms with van der Waals surface area (Å²) in [5, 5.41) is 11.3. The number of carbonyl (C=O) groups excluding carboxylic acids is 1. The van der Waals surface area contributed by atoms with Crippen LogP contribution in [0.5, 0.6) is 0 Å². The molecule has 2 aromatic carbocycles. The molecule has 0 saturated carbocycles. The molecule has 3 rings (SSSR count). The van der Waals surface area contributed by atoms with E-state index >= 15 is 0 Å². The molecule has 26 heavy (non-hydrogen) atoms. The van der Waals surface area contributed by atoms with Crippen LogP contribution in [0.3, 0.4) is 0 Å². The van der Waals surface area contributed by atoms with Crippen LogP contribution in [0.2, 0.25) is 5.02 Å². The number of anilines is 1. The van der Waals surface area contributed by atoms with Gasteiger partial charge in [-0.2, -0.15) is 5.10 Å². The lowest BCUT2D eigenvalue weighted by molar-refractivity contribution is -0.115. The van der Waals surface area contributed by atoms with E-state index in [1.54, 1.807) is 4.68 Å². The van der Waals surface area contributed by atoms with Gasteiger partial charge in [-0.05, 0) is 37.6 Å². The first-order chi connectivity index (χ1) is 12.5. The minimum Gasteiger partial charge on any atom is -0.309 e. The van der Waals surface area contributed by atoms with Crippen LogP contribution in [-0.4, -0.2) is 22.2 Å². The molecule has 3 aromatic rings. The van der Waals surface area contributed by atoms with E-state index < -0.39 is 0 Å². The lowest BCUT2D eigenvalue weighted by Crippen LogP contribution is -2.30. The van der Waals surface area contributed by atoms with Gasteiger partial charge in [0.25, 0.3) is 0 Å². The monoisotopic (exact) mass is 368 g/mol. The Bertz CT molecular complexity index is 892. The van der Waals surface area contributed by atoms with E-state index in [2.05, 4.69) is 15.7 Å². The van der Waals surface area contributed by atoms with Crippen molar-refractivity contribution in [3.63, 3.8) is 0 Å². The largest absolute Gasteiger partial charge is 0.309 e. The van der Waals surface area contributed by atoms with E-state index in [0.717, 1.165) is 16.9 Å². The molecule has 0 radical (unpaired) electrons. The maximum Gasteiger partial charge on any atom is 0.239 e. The van der Waals surface area contributed by atoms with Gasteiger partial charge in [0.05, 0.1) is 17.9 Å². The minimum absolute atomic E-state index is 0.0322. The Hall–Kier alpha value is -2.63. The SMILES string of the molecule is Cc1cc(NC(=O)CN[C@@H](C)c2ccccc2Cl)n(-c2ccccc2)n1. The van der Waals surface area contributed by atoms with Crippen LogP contribution in [0.4, 0.5) is 5.82 Å². The molecule has 0 unspecified atom stereocenters. The first-order valence-electron chi connectivity index (χ1n) is 8.44. The van der Waals surface area contributed by atoms with E-state index in [1.807, 2.05) is 74.5 Å². The predicted molar refractivity (Wildman–Crippen MR) is 105 cm³/mol. The van der Waals surface area contributed by atoms with Crippen LogP contribution >= 0.6 is 11.6 Å². The van der Waals surface area contributed by atoms with Crippen molar-refractivity contribution in [3.8, 4) is 5.69 Å². The number of para-hydroxylation sites is 1. The van der Waals surface area contributed by atoms with Crippen molar-refractivity contribution >= 4 is 23.3 Å². The van der Waals surface area contributed by atoms with Crippen molar-refractivity contribution in [2.75, 3.05) is 11.9 Å². The Balaban J connectivity index is 1.65. The van der Waals surface area contributed by atoms with E-state index in [4.69, 9.17) is 11.6 Å². The number of nitrogens with zero attached hydrogens (tertiary/aromatic N) is 2. The summed E-state index contributed by atoms with van der Waals surface area (Å²) >= 11 is 6.20. The van der Waals surface area contributed by atoms with Gasteiger partial charge in [-0.1, -0.05) is 48.0 Å². The highest BCUT2D eigenvalue weighted by atomic mass is 35.5. The Morgan fingerprint density at radius 2 is 1.85 bits per heavy atom. The van der Waals surface area contributed by atoms with E-state index in [9.17, 15) is 4.79 Å². The standard InChI is InChI=1S/C20H21ClN4O/c1-14-12-19(25(24-14)16-8-4-3-5-9-16)23-20(26)13-22-15(2)17-10-6-7-11-18(17)21/h3-12,15,22H,13H2,1-2H3,(H,23,26)/t15-/m0/s1. The van der Waals surface area contributed by atoms with Crippen LogP contribution in [0.15, 0.2) is 60.7 Å². The number of amides is 1. The molecular weight excluding hydrogens is 348 g/mol. The van der Waals surface area contributed by atoms with Gasteiger partial charge in [0, 0.05) is 17.1 Å². The number of hydrogen-bond acceptors (Lipinski definition) is 3. The number of halogens is 1. The van der Waals surface area contributed by atoms with Crippen molar-refractivity contribution < 1.29 is 4.79 Å². The molecule has 0 aliphatic rings. The summed E-state index contributed by atoms with van der Waals surface area (Å²) in [6.07, 6.45) is 0. The minimum atomic E-state index is -0.138. The Morgan fingerprint density at radius 1 is 1.15 bits per heavy atom. The molecule has 6 heteroatoms. The van der Waals surface area contributed by atoms with E-state index in [-0.39, 0.29) is 18.5 Å². The quantitative estimate of drug-likeness (QED) is 0.688. The van der Waals surface area contributed by atoms with Gasteiger partial charge in [0.1, 0.15) is 5.82 Å². The second-order valence-electron chi connectivity index (χ2n) is 6.09. The maximum atomic E-state index is 12.4. The van der Waals surface area contributed by atoms with Crippen LogP contribution in [0, 0.1) is 6.92 Å². The molecule has 134 valence electrons. The van der Waals surface area contributed by atoms with E-state index in [1.165, 1.54) is 0 Å². The van der Waals surface area contributed by atoms with Gasteiger partial charge in [-0.15, -0.1) is 0 Å². The van der Waals surface area contributed by atoms with Gasteiger partial charge in [0.15, 0.2) is 0 Å². The van der Waals surface area contributed by atoms with Gasteiger partial charge >= 0.3 is 0 Å². The Labute approximate surface area is 158 Å². The third kappa shape index (κ3) is 4.31. The van der Waals surface area contributed by atoms with Gasteiger partial charge in [-0.3, -0.25) is 4.79 Å². The molecule has 0 aliphatic heterocycles. The number of benzene rings is 2. The molecule has 0 fully saturated rings. The van der Waals surface area contributed by atoms with Crippen molar-refractivity contribution in [2.45, 2.75) is 19.9 Å². The lowest BCUT2D eigenvalue weighted by atomic mass is 10.1. The molecule has 1 heterocycles. The summed E-state index contributed by atoms with van der Waals surface area (Å²) in [4.78, 5) is 12.4. The van der Waals surface area contributed by atoms with Crippen molar-refractivity contribution in [1.29, 1.82) is 0 Å². The van der Waals surface area contributed by atoms with Gasteiger partial charge in [-0.25, -0.2) is 4.68 Å². The fraction of sp³-hybridized carbons (Fsp3) is 0.200. The number of carbonyl (C=O) groups is 1. The average Bonchev–Trinajstić information content (AvgIpc) is 3.01. The molecular formula is C20H21ClN4O. The highest BCUT2D eigenvalue weighted by Crippen LogP contribution is 2.22. The molecule has 0 bridgehead atoms. The van der Waals surface area contributed by atoms with Crippen LogP contribution in [-0.2, 0) is 4.79 Å². The molecule has 0 spiro atoms. The number of aryl methyl sites for hydroxylation is 1. The lowest BCUT2D eigenvalue weighted by Gasteiger charge is -2.15.